The molecular formula is C13H21N3. The molecule has 0 aromatic carbocycles. The first-order valence-electron chi connectivity index (χ1n) is 5.66. The summed E-state index contributed by atoms with van der Waals surface area (Å²) in [6.07, 6.45) is 3.69. The lowest BCUT2D eigenvalue weighted by Gasteiger charge is -2.29. The fourth-order valence-electron chi connectivity index (χ4n) is 1.69. The molecule has 88 valence electrons. The molecule has 0 fully saturated rings. The van der Waals surface area contributed by atoms with Crippen LogP contribution in [0, 0.1) is 0 Å². The lowest BCUT2D eigenvalue weighted by molar-refractivity contribution is 0.695. The molecule has 2 N–H and O–H groups in total. The highest BCUT2D eigenvalue weighted by Gasteiger charge is 2.16. The van der Waals surface area contributed by atoms with Crippen molar-refractivity contribution in [2.24, 2.45) is 5.73 Å². The summed E-state index contributed by atoms with van der Waals surface area (Å²) in [6.45, 7) is 10.8. The SMILES string of the molecule is C=CCN(c1ncccc1[C@@H](C)N)C(C)C. The lowest BCUT2D eigenvalue weighted by Crippen LogP contribution is -2.33. The van der Waals surface area contributed by atoms with Crippen LogP contribution in [0.15, 0.2) is 31.0 Å². The minimum atomic E-state index is -0.00485. The van der Waals surface area contributed by atoms with Crippen LogP contribution in [0.3, 0.4) is 0 Å². The van der Waals surface area contributed by atoms with E-state index >= 15 is 0 Å². The quantitative estimate of drug-likeness (QED) is 0.774. The van der Waals surface area contributed by atoms with E-state index in [0.29, 0.717) is 6.04 Å². The molecule has 3 heteroatoms. The molecule has 0 aliphatic heterocycles. The second kappa shape index (κ2) is 5.66. The molecule has 0 aliphatic rings. The molecule has 1 atom stereocenters. The average molecular weight is 219 g/mol. The van der Waals surface area contributed by atoms with Gasteiger partial charge in [-0.25, -0.2) is 4.98 Å². The van der Waals surface area contributed by atoms with Crippen LogP contribution in [0.1, 0.15) is 32.4 Å². The Balaban J connectivity index is 3.12. The van der Waals surface area contributed by atoms with Crippen LogP contribution in [0.5, 0.6) is 0 Å². The van der Waals surface area contributed by atoms with Crippen molar-refractivity contribution in [2.45, 2.75) is 32.9 Å². The third-order valence-electron chi connectivity index (χ3n) is 2.53. The maximum Gasteiger partial charge on any atom is 0.133 e. The average Bonchev–Trinajstić information content (AvgIpc) is 2.25. The van der Waals surface area contributed by atoms with Crippen LogP contribution in [0.25, 0.3) is 0 Å². The Kier molecular flexibility index (Phi) is 4.50. The van der Waals surface area contributed by atoms with Crippen molar-refractivity contribution in [1.29, 1.82) is 0 Å². The van der Waals surface area contributed by atoms with E-state index in [0.717, 1.165) is 17.9 Å². The molecule has 0 aliphatic carbocycles. The van der Waals surface area contributed by atoms with Crippen LogP contribution in [0.4, 0.5) is 5.82 Å². The normalized spacial score (nSPS) is 12.6. The number of hydrogen-bond acceptors (Lipinski definition) is 3. The summed E-state index contributed by atoms with van der Waals surface area (Å²) in [5.74, 6) is 0.965. The molecule has 0 radical (unpaired) electrons. The molecule has 16 heavy (non-hydrogen) atoms. The molecule has 0 unspecified atom stereocenters. The topological polar surface area (TPSA) is 42.2 Å². The largest absolute Gasteiger partial charge is 0.350 e. The van der Waals surface area contributed by atoms with Crippen LogP contribution < -0.4 is 10.6 Å². The molecular weight excluding hydrogens is 198 g/mol. The van der Waals surface area contributed by atoms with Gasteiger partial charge in [-0.15, -0.1) is 6.58 Å². The van der Waals surface area contributed by atoms with Gasteiger partial charge in [-0.2, -0.15) is 0 Å². The number of nitrogens with two attached hydrogens (primary N) is 1. The molecule has 1 heterocycles. The van der Waals surface area contributed by atoms with Gasteiger partial charge in [-0.1, -0.05) is 12.1 Å². The maximum absolute atomic E-state index is 5.96. The smallest absolute Gasteiger partial charge is 0.133 e. The van der Waals surface area contributed by atoms with E-state index in [-0.39, 0.29) is 6.04 Å². The molecule has 3 nitrogen and oxygen atoms in total. The van der Waals surface area contributed by atoms with Gasteiger partial charge in [0.25, 0.3) is 0 Å². The van der Waals surface area contributed by atoms with Gasteiger partial charge in [-0.05, 0) is 26.8 Å². The van der Waals surface area contributed by atoms with Crippen molar-refractivity contribution in [3.05, 3.63) is 36.5 Å². The monoisotopic (exact) mass is 219 g/mol. The van der Waals surface area contributed by atoms with Crippen molar-refractivity contribution >= 4 is 5.82 Å². The molecule has 1 aromatic heterocycles. The van der Waals surface area contributed by atoms with Crippen molar-refractivity contribution in [3.8, 4) is 0 Å². The molecule has 1 aromatic rings. The number of hydrogen-bond donors (Lipinski definition) is 1. The number of rotatable bonds is 5. The van der Waals surface area contributed by atoms with Crippen molar-refractivity contribution in [2.75, 3.05) is 11.4 Å². The Bertz CT molecular complexity index is 345. The van der Waals surface area contributed by atoms with Crippen molar-refractivity contribution < 1.29 is 0 Å². The second-order valence-electron chi connectivity index (χ2n) is 4.24. The van der Waals surface area contributed by atoms with Crippen molar-refractivity contribution in [1.82, 2.24) is 4.98 Å². The zero-order chi connectivity index (χ0) is 12.1. The Morgan fingerprint density at radius 1 is 1.50 bits per heavy atom. The van der Waals surface area contributed by atoms with Crippen molar-refractivity contribution in [3.63, 3.8) is 0 Å². The number of pyridine rings is 1. The van der Waals surface area contributed by atoms with Gasteiger partial charge < -0.3 is 10.6 Å². The standard InChI is InChI=1S/C13H21N3/c1-5-9-16(10(2)3)13-12(11(4)14)7-6-8-15-13/h5-8,10-11H,1,9,14H2,2-4H3/t11-/m1/s1. The second-order valence-corrected chi connectivity index (χ2v) is 4.24. The summed E-state index contributed by atoms with van der Waals surface area (Å²) in [6, 6.07) is 4.33. The van der Waals surface area contributed by atoms with Gasteiger partial charge in [0.05, 0.1) is 0 Å². The number of anilines is 1. The first-order chi connectivity index (χ1) is 7.57. The predicted molar refractivity (Wildman–Crippen MR) is 69.5 cm³/mol. The fraction of sp³-hybridized carbons (Fsp3) is 0.462. The van der Waals surface area contributed by atoms with E-state index < -0.39 is 0 Å². The van der Waals surface area contributed by atoms with E-state index in [9.17, 15) is 0 Å². The Labute approximate surface area is 98.0 Å². The van der Waals surface area contributed by atoms with Crippen LogP contribution >= 0.6 is 0 Å². The minimum Gasteiger partial charge on any atom is -0.350 e. The van der Waals surface area contributed by atoms with Gasteiger partial charge in [-0.3, -0.25) is 0 Å². The Morgan fingerprint density at radius 3 is 2.69 bits per heavy atom. The fourth-order valence-corrected chi connectivity index (χ4v) is 1.69. The number of nitrogens with zero attached hydrogens (tertiary/aromatic N) is 2. The summed E-state index contributed by atoms with van der Waals surface area (Å²) in [5, 5.41) is 0. The zero-order valence-electron chi connectivity index (χ0n) is 10.4. The van der Waals surface area contributed by atoms with Gasteiger partial charge in [0.2, 0.25) is 0 Å². The van der Waals surface area contributed by atoms with Gasteiger partial charge in [0.1, 0.15) is 5.82 Å². The molecule has 0 spiro atoms. The first-order valence-corrected chi connectivity index (χ1v) is 5.66. The lowest BCUT2D eigenvalue weighted by atomic mass is 10.1. The highest BCUT2D eigenvalue weighted by molar-refractivity contribution is 5.49. The molecule has 0 saturated heterocycles. The van der Waals surface area contributed by atoms with E-state index in [1.165, 1.54) is 0 Å². The summed E-state index contributed by atoms with van der Waals surface area (Å²) < 4.78 is 0. The Hall–Kier alpha value is -1.35. The molecule has 1 rings (SSSR count). The van der Waals surface area contributed by atoms with E-state index in [1.807, 2.05) is 25.1 Å². The minimum absolute atomic E-state index is 0.00485. The summed E-state index contributed by atoms with van der Waals surface area (Å²) in [4.78, 5) is 6.64. The maximum atomic E-state index is 5.96. The highest BCUT2D eigenvalue weighted by atomic mass is 15.2. The van der Waals surface area contributed by atoms with Crippen LogP contribution in [0.2, 0.25) is 0 Å². The predicted octanol–water partition coefficient (Wildman–Crippen LogP) is 2.50. The van der Waals surface area contributed by atoms with Gasteiger partial charge >= 0.3 is 0 Å². The summed E-state index contributed by atoms with van der Waals surface area (Å²) in [5.41, 5.74) is 7.04. The third kappa shape index (κ3) is 2.83. The highest BCUT2D eigenvalue weighted by Crippen LogP contribution is 2.23. The summed E-state index contributed by atoms with van der Waals surface area (Å²) >= 11 is 0. The summed E-state index contributed by atoms with van der Waals surface area (Å²) in [7, 11) is 0. The van der Waals surface area contributed by atoms with Gasteiger partial charge in [0, 0.05) is 30.4 Å². The Morgan fingerprint density at radius 2 is 2.19 bits per heavy atom. The molecule has 0 saturated carbocycles. The van der Waals surface area contributed by atoms with Crippen LogP contribution in [-0.2, 0) is 0 Å². The van der Waals surface area contributed by atoms with E-state index in [4.69, 9.17) is 5.73 Å². The van der Waals surface area contributed by atoms with Crippen LogP contribution in [-0.4, -0.2) is 17.6 Å². The zero-order valence-corrected chi connectivity index (χ0v) is 10.4. The molecule has 0 amide bonds. The first kappa shape index (κ1) is 12.7. The number of aromatic nitrogens is 1. The van der Waals surface area contributed by atoms with E-state index in [1.54, 1.807) is 6.20 Å². The van der Waals surface area contributed by atoms with Gasteiger partial charge in [0.15, 0.2) is 0 Å². The third-order valence-corrected chi connectivity index (χ3v) is 2.53. The van der Waals surface area contributed by atoms with E-state index in [2.05, 4.69) is 30.3 Å². The molecule has 0 bridgehead atoms.